The van der Waals surface area contributed by atoms with Crippen LogP contribution in [0.2, 0.25) is 5.02 Å². The molecule has 0 saturated heterocycles. The molecule has 4 rings (SSSR count). The second-order valence-corrected chi connectivity index (χ2v) is 6.05. The van der Waals surface area contributed by atoms with Crippen LogP contribution in [0, 0.1) is 0 Å². The minimum Gasteiger partial charge on any atom is -0.477 e. The lowest BCUT2D eigenvalue weighted by atomic mass is 10.1. The molecule has 1 N–H and O–H groups in total. The molecule has 0 aliphatic carbocycles. The lowest BCUT2D eigenvalue weighted by molar-refractivity contribution is -0.525. The van der Waals surface area contributed by atoms with Gasteiger partial charge in [-0.15, -0.1) is 0 Å². The highest BCUT2D eigenvalue weighted by atomic mass is 35.5. The molecule has 0 amide bonds. The fraction of sp³-hybridized carbons (Fsp3) is 0. The normalized spacial score (nSPS) is 10.9. The van der Waals surface area contributed by atoms with Gasteiger partial charge < -0.3 is 5.11 Å². The van der Waals surface area contributed by atoms with Crippen LogP contribution in [0.4, 0.5) is 0 Å². The minimum atomic E-state index is -0.294. The molecular formula is C20H14ClN2O2+. The number of aromatic hydroxyl groups is 1. The average molecular weight is 350 g/mol. The highest BCUT2D eigenvalue weighted by Gasteiger charge is 2.25. The van der Waals surface area contributed by atoms with E-state index >= 15 is 0 Å². The Morgan fingerprint density at radius 1 is 0.880 bits per heavy atom. The molecule has 2 aromatic heterocycles. The third kappa shape index (κ3) is 2.57. The van der Waals surface area contributed by atoms with Crippen LogP contribution in [0.1, 0.15) is 0 Å². The molecule has 0 aliphatic rings. The molecule has 25 heavy (non-hydrogen) atoms. The molecule has 2 heterocycles. The molecule has 4 aromatic rings. The Kier molecular flexibility index (Phi) is 3.75. The van der Waals surface area contributed by atoms with Crippen LogP contribution in [0.3, 0.4) is 0 Å². The Hall–Kier alpha value is -3.11. The molecule has 4 nitrogen and oxygen atoms in total. The second-order valence-electron chi connectivity index (χ2n) is 5.61. The Balaban J connectivity index is 2.15. The summed E-state index contributed by atoms with van der Waals surface area (Å²) < 4.78 is 3.16. The fourth-order valence-corrected chi connectivity index (χ4v) is 3.05. The van der Waals surface area contributed by atoms with E-state index in [2.05, 4.69) is 0 Å². The van der Waals surface area contributed by atoms with E-state index in [1.807, 2.05) is 24.3 Å². The molecule has 0 atom stereocenters. The standard InChI is InChI=1S/C20H13ClN2O2/c21-15-9-11-16(12-10-15)23-17-8-4-5-13-22(17)19(24)18(20(23)25)14-6-2-1-3-7-14/h1-13H/p+1. The van der Waals surface area contributed by atoms with E-state index in [-0.39, 0.29) is 17.0 Å². The third-order valence-corrected chi connectivity index (χ3v) is 4.34. The SMILES string of the molecule is O=c1c(-c2ccccc2)c(O)[n+]2ccccc2n1-c1ccc(Cl)cc1. The summed E-state index contributed by atoms with van der Waals surface area (Å²) in [4.78, 5) is 13.2. The van der Waals surface area contributed by atoms with Crippen molar-refractivity contribution >= 4 is 17.2 Å². The van der Waals surface area contributed by atoms with E-state index in [4.69, 9.17) is 11.6 Å². The van der Waals surface area contributed by atoms with E-state index in [0.29, 0.717) is 21.9 Å². The maximum atomic E-state index is 13.2. The quantitative estimate of drug-likeness (QED) is 0.562. The van der Waals surface area contributed by atoms with Gasteiger partial charge in [-0.2, -0.15) is 8.97 Å². The number of halogens is 1. The van der Waals surface area contributed by atoms with Gasteiger partial charge in [0.2, 0.25) is 0 Å². The Bertz CT molecular complexity index is 1120. The van der Waals surface area contributed by atoms with Crippen molar-refractivity contribution in [1.82, 2.24) is 4.57 Å². The van der Waals surface area contributed by atoms with Gasteiger partial charge in [-0.1, -0.05) is 48.0 Å². The topological polar surface area (TPSA) is 46.3 Å². The lowest BCUT2D eigenvalue weighted by Crippen LogP contribution is -2.34. The first kappa shape index (κ1) is 15.4. The number of pyridine rings is 1. The van der Waals surface area contributed by atoms with E-state index in [9.17, 15) is 9.90 Å². The van der Waals surface area contributed by atoms with Gasteiger partial charge in [0.1, 0.15) is 5.69 Å². The van der Waals surface area contributed by atoms with Crippen LogP contribution in [0.15, 0.2) is 83.8 Å². The number of rotatable bonds is 2. The number of hydrogen-bond acceptors (Lipinski definition) is 2. The highest BCUT2D eigenvalue weighted by Crippen LogP contribution is 2.24. The Labute approximate surface area is 148 Å². The average Bonchev–Trinajstić information content (AvgIpc) is 2.64. The summed E-state index contributed by atoms with van der Waals surface area (Å²) in [5.74, 6) is -0.0861. The van der Waals surface area contributed by atoms with Crippen LogP contribution in [-0.2, 0) is 0 Å². The molecule has 122 valence electrons. The first-order chi connectivity index (χ1) is 12.2. The molecule has 0 spiro atoms. The zero-order valence-corrected chi connectivity index (χ0v) is 13.9. The van der Waals surface area contributed by atoms with Gasteiger partial charge in [0.05, 0.1) is 6.20 Å². The zero-order chi connectivity index (χ0) is 17.4. The summed E-state index contributed by atoms with van der Waals surface area (Å²) in [6.07, 6.45) is 1.73. The molecule has 5 heteroatoms. The molecular weight excluding hydrogens is 336 g/mol. The van der Waals surface area contributed by atoms with Crippen molar-refractivity contribution < 1.29 is 9.51 Å². The van der Waals surface area contributed by atoms with Crippen LogP contribution >= 0.6 is 11.6 Å². The van der Waals surface area contributed by atoms with Crippen molar-refractivity contribution in [1.29, 1.82) is 0 Å². The zero-order valence-electron chi connectivity index (χ0n) is 13.1. The molecule has 0 fully saturated rings. The molecule has 0 aliphatic heterocycles. The summed E-state index contributed by atoms with van der Waals surface area (Å²) >= 11 is 5.98. The Morgan fingerprint density at radius 2 is 1.56 bits per heavy atom. The predicted octanol–water partition coefficient (Wildman–Crippen LogP) is 3.60. The van der Waals surface area contributed by atoms with Crippen LogP contribution in [-0.4, -0.2) is 9.67 Å². The van der Waals surface area contributed by atoms with Gasteiger partial charge in [0.25, 0.3) is 5.65 Å². The molecule has 0 saturated carbocycles. The van der Waals surface area contributed by atoms with Crippen molar-refractivity contribution in [2.24, 2.45) is 0 Å². The van der Waals surface area contributed by atoms with E-state index in [1.165, 1.54) is 0 Å². The number of aromatic nitrogens is 2. The number of nitrogens with zero attached hydrogens (tertiary/aromatic N) is 2. The van der Waals surface area contributed by atoms with Crippen molar-refractivity contribution in [3.8, 4) is 22.7 Å². The number of benzene rings is 2. The largest absolute Gasteiger partial charge is 0.477 e. The van der Waals surface area contributed by atoms with Gasteiger partial charge in [0, 0.05) is 11.1 Å². The van der Waals surface area contributed by atoms with Gasteiger partial charge >= 0.3 is 11.4 Å². The molecule has 0 radical (unpaired) electrons. The van der Waals surface area contributed by atoms with Crippen molar-refractivity contribution in [3.05, 3.63) is 94.4 Å². The minimum absolute atomic E-state index is 0.0861. The lowest BCUT2D eigenvalue weighted by Gasteiger charge is -2.08. The van der Waals surface area contributed by atoms with Gasteiger partial charge in [0.15, 0.2) is 5.56 Å². The first-order valence-electron chi connectivity index (χ1n) is 7.76. The van der Waals surface area contributed by atoms with Gasteiger partial charge in [-0.25, -0.2) is 4.79 Å². The summed E-state index contributed by atoms with van der Waals surface area (Å²) in [6, 6.07) is 21.6. The Morgan fingerprint density at radius 3 is 2.28 bits per heavy atom. The monoisotopic (exact) mass is 349 g/mol. The highest BCUT2D eigenvalue weighted by molar-refractivity contribution is 6.30. The number of fused-ring (bicyclic) bond motifs is 1. The van der Waals surface area contributed by atoms with Crippen LogP contribution < -0.4 is 9.96 Å². The van der Waals surface area contributed by atoms with Crippen LogP contribution in [0.25, 0.3) is 22.5 Å². The predicted molar refractivity (Wildman–Crippen MR) is 97.3 cm³/mol. The first-order valence-corrected chi connectivity index (χ1v) is 8.14. The van der Waals surface area contributed by atoms with E-state index in [1.54, 1.807) is 63.7 Å². The number of hydrogen-bond donors (Lipinski definition) is 1. The van der Waals surface area contributed by atoms with Crippen molar-refractivity contribution in [2.75, 3.05) is 0 Å². The third-order valence-electron chi connectivity index (χ3n) is 4.08. The molecule has 2 aromatic carbocycles. The van der Waals surface area contributed by atoms with Crippen LogP contribution in [0.5, 0.6) is 5.88 Å². The van der Waals surface area contributed by atoms with E-state index in [0.717, 1.165) is 0 Å². The summed E-state index contributed by atoms with van der Waals surface area (Å²) in [7, 11) is 0. The fourth-order valence-electron chi connectivity index (χ4n) is 2.92. The molecule has 0 bridgehead atoms. The maximum Gasteiger partial charge on any atom is 0.354 e. The molecule has 0 unspecified atom stereocenters. The summed E-state index contributed by atoms with van der Waals surface area (Å²) in [6.45, 7) is 0. The van der Waals surface area contributed by atoms with Crippen molar-refractivity contribution in [2.45, 2.75) is 0 Å². The summed E-state index contributed by atoms with van der Waals surface area (Å²) in [5.41, 5.74) is 1.85. The van der Waals surface area contributed by atoms with Crippen molar-refractivity contribution in [3.63, 3.8) is 0 Å². The van der Waals surface area contributed by atoms with Gasteiger partial charge in [-0.3, -0.25) is 0 Å². The summed E-state index contributed by atoms with van der Waals surface area (Å²) in [5, 5.41) is 11.3. The van der Waals surface area contributed by atoms with Gasteiger partial charge in [-0.05, 0) is 35.9 Å². The van der Waals surface area contributed by atoms with E-state index < -0.39 is 0 Å². The maximum absolute atomic E-state index is 13.2. The second kappa shape index (κ2) is 6.07. The smallest absolute Gasteiger partial charge is 0.354 e.